The average molecular weight is 346 g/mol. The number of nitrogens with one attached hydrogen (secondary N) is 1. The molecule has 0 saturated heterocycles. The maximum Gasteiger partial charge on any atom is 0.251 e. The summed E-state index contributed by atoms with van der Waals surface area (Å²) in [5.41, 5.74) is 1.41. The quantitative estimate of drug-likeness (QED) is 0.919. The number of nitrogens with zero attached hydrogens (tertiary/aromatic N) is 1. The molecule has 2 aromatic rings. The van der Waals surface area contributed by atoms with Gasteiger partial charge in [-0.2, -0.15) is 0 Å². The van der Waals surface area contributed by atoms with Crippen LogP contribution in [0.3, 0.4) is 0 Å². The summed E-state index contributed by atoms with van der Waals surface area (Å²) >= 11 is 10.8. The number of carbonyl (C=O) groups is 1. The summed E-state index contributed by atoms with van der Waals surface area (Å²) in [7, 11) is 0. The lowest BCUT2D eigenvalue weighted by Gasteiger charge is -2.04. The lowest BCUT2D eigenvalue weighted by Crippen LogP contribution is -2.22. The van der Waals surface area contributed by atoms with Crippen molar-refractivity contribution in [1.82, 2.24) is 10.3 Å². The molecule has 1 aromatic carbocycles. The van der Waals surface area contributed by atoms with Gasteiger partial charge in [0, 0.05) is 15.4 Å². The Labute approximate surface area is 122 Å². The largest absolute Gasteiger partial charge is 0.346 e. The van der Waals surface area contributed by atoms with Gasteiger partial charge in [-0.3, -0.25) is 4.79 Å². The summed E-state index contributed by atoms with van der Waals surface area (Å²) in [5.74, 6) is -0.157. The van der Waals surface area contributed by atoms with Crippen LogP contribution in [0, 0.1) is 6.92 Å². The molecule has 1 aromatic heterocycles. The topological polar surface area (TPSA) is 42.0 Å². The fourth-order valence-electron chi connectivity index (χ4n) is 1.40. The molecule has 3 nitrogen and oxygen atoms in total. The number of benzene rings is 1. The van der Waals surface area contributed by atoms with E-state index < -0.39 is 0 Å². The van der Waals surface area contributed by atoms with E-state index in [-0.39, 0.29) is 5.91 Å². The van der Waals surface area contributed by atoms with Crippen LogP contribution in [0.15, 0.2) is 28.1 Å². The predicted octanol–water partition coefficient (Wildman–Crippen LogP) is 3.80. The Bertz CT molecular complexity index is 585. The van der Waals surface area contributed by atoms with E-state index in [9.17, 15) is 4.79 Å². The molecule has 0 bridgehead atoms. The minimum absolute atomic E-state index is 0.157. The van der Waals surface area contributed by atoms with Gasteiger partial charge in [-0.1, -0.05) is 11.6 Å². The highest BCUT2D eigenvalue weighted by molar-refractivity contribution is 9.10. The molecule has 0 radical (unpaired) electrons. The van der Waals surface area contributed by atoms with E-state index in [4.69, 9.17) is 11.6 Å². The van der Waals surface area contributed by atoms with Crippen molar-refractivity contribution in [3.8, 4) is 0 Å². The Kier molecular flexibility index (Phi) is 4.37. The SMILES string of the molecule is Cc1nc(CNC(=O)c2ccc(Br)c(Cl)c2)cs1. The van der Waals surface area contributed by atoms with E-state index in [2.05, 4.69) is 26.2 Å². The molecule has 0 aliphatic heterocycles. The molecule has 1 amide bonds. The number of aromatic nitrogens is 1. The number of hydrogen-bond donors (Lipinski definition) is 1. The first-order valence-corrected chi connectivity index (χ1v) is 7.25. The third kappa shape index (κ3) is 3.31. The molecule has 1 heterocycles. The molecule has 0 atom stereocenters. The summed E-state index contributed by atoms with van der Waals surface area (Å²) in [5, 5.41) is 6.25. The Morgan fingerprint density at radius 1 is 1.56 bits per heavy atom. The molecule has 0 saturated carbocycles. The third-order valence-corrected chi connectivity index (χ3v) is 4.33. The average Bonchev–Trinajstić information content (AvgIpc) is 2.75. The number of halogens is 2. The van der Waals surface area contributed by atoms with Gasteiger partial charge < -0.3 is 5.32 Å². The van der Waals surface area contributed by atoms with E-state index in [0.29, 0.717) is 17.1 Å². The van der Waals surface area contributed by atoms with Crippen LogP contribution in [-0.4, -0.2) is 10.9 Å². The van der Waals surface area contributed by atoms with E-state index in [0.717, 1.165) is 15.2 Å². The van der Waals surface area contributed by atoms with Crippen molar-refractivity contribution in [3.63, 3.8) is 0 Å². The van der Waals surface area contributed by atoms with Crippen molar-refractivity contribution in [1.29, 1.82) is 0 Å². The van der Waals surface area contributed by atoms with Crippen LogP contribution in [0.5, 0.6) is 0 Å². The highest BCUT2D eigenvalue weighted by atomic mass is 79.9. The zero-order chi connectivity index (χ0) is 13.1. The zero-order valence-corrected chi connectivity index (χ0v) is 12.7. The molecule has 0 unspecified atom stereocenters. The van der Waals surface area contributed by atoms with Crippen LogP contribution >= 0.6 is 38.9 Å². The second-order valence-corrected chi connectivity index (χ2v) is 5.99. The molecule has 0 aliphatic rings. The van der Waals surface area contributed by atoms with Crippen molar-refractivity contribution in [2.45, 2.75) is 13.5 Å². The van der Waals surface area contributed by atoms with Gasteiger partial charge in [0.25, 0.3) is 5.91 Å². The van der Waals surface area contributed by atoms with E-state index in [1.165, 1.54) is 0 Å². The van der Waals surface area contributed by atoms with Crippen LogP contribution in [0.4, 0.5) is 0 Å². The molecule has 1 N–H and O–H groups in total. The standard InChI is InChI=1S/C12H10BrClN2OS/c1-7-16-9(6-18-7)5-15-12(17)8-2-3-10(13)11(14)4-8/h2-4,6H,5H2,1H3,(H,15,17). The monoisotopic (exact) mass is 344 g/mol. The molecule has 6 heteroatoms. The van der Waals surface area contributed by atoms with Gasteiger partial charge in [-0.25, -0.2) is 4.98 Å². The van der Waals surface area contributed by atoms with Gasteiger partial charge >= 0.3 is 0 Å². The van der Waals surface area contributed by atoms with Crippen LogP contribution in [-0.2, 0) is 6.54 Å². The summed E-state index contributed by atoms with van der Waals surface area (Å²) < 4.78 is 0.774. The molecule has 94 valence electrons. The van der Waals surface area contributed by atoms with Crippen molar-refractivity contribution in [2.24, 2.45) is 0 Å². The maximum atomic E-state index is 11.9. The molecule has 0 spiro atoms. The predicted molar refractivity (Wildman–Crippen MR) is 77.2 cm³/mol. The number of hydrogen-bond acceptors (Lipinski definition) is 3. The van der Waals surface area contributed by atoms with Gasteiger partial charge in [-0.05, 0) is 41.1 Å². The highest BCUT2D eigenvalue weighted by Crippen LogP contribution is 2.23. The van der Waals surface area contributed by atoms with Gasteiger partial charge in [0.05, 0.1) is 22.3 Å². The number of carbonyl (C=O) groups excluding carboxylic acids is 1. The summed E-state index contributed by atoms with van der Waals surface area (Å²) in [4.78, 5) is 16.2. The summed E-state index contributed by atoms with van der Waals surface area (Å²) in [6.07, 6.45) is 0. The van der Waals surface area contributed by atoms with Crippen LogP contribution in [0.2, 0.25) is 5.02 Å². The van der Waals surface area contributed by atoms with Gasteiger partial charge in [0.1, 0.15) is 0 Å². The van der Waals surface area contributed by atoms with Gasteiger partial charge in [0.2, 0.25) is 0 Å². The maximum absolute atomic E-state index is 11.9. The fraction of sp³-hybridized carbons (Fsp3) is 0.167. The van der Waals surface area contributed by atoms with Crippen molar-refractivity contribution in [2.75, 3.05) is 0 Å². The Hall–Kier alpha value is -0.910. The van der Waals surface area contributed by atoms with Crippen LogP contribution < -0.4 is 5.32 Å². The third-order valence-electron chi connectivity index (χ3n) is 2.28. The van der Waals surface area contributed by atoms with Crippen LogP contribution in [0.1, 0.15) is 21.1 Å². The molecule has 2 rings (SSSR count). The van der Waals surface area contributed by atoms with E-state index in [1.807, 2.05) is 12.3 Å². The first kappa shape index (κ1) is 13.5. The Morgan fingerprint density at radius 2 is 2.33 bits per heavy atom. The molecule has 18 heavy (non-hydrogen) atoms. The smallest absolute Gasteiger partial charge is 0.251 e. The number of aryl methyl sites for hydroxylation is 1. The summed E-state index contributed by atoms with van der Waals surface area (Å²) in [6, 6.07) is 5.11. The molecular formula is C12H10BrClN2OS. The molecular weight excluding hydrogens is 336 g/mol. The minimum Gasteiger partial charge on any atom is -0.346 e. The summed E-state index contributed by atoms with van der Waals surface area (Å²) in [6.45, 7) is 2.36. The van der Waals surface area contributed by atoms with E-state index >= 15 is 0 Å². The van der Waals surface area contributed by atoms with Crippen molar-refractivity contribution < 1.29 is 4.79 Å². The first-order valence-electron chi connectivity index (χ1n) is 5.20. The number of thiazole rings is 1. The van der Waals surface area contributed by atoms with Gasteiger partial charge in [-0.15, -0.1) is 11.3 Å². The number of amides is 1. The van der Waals surface area contributed by atoms with Crippen LogP contribution in [0.25, 0.3) is 0 Å². The zero-order valence-electron chi connectivity index (χ0n) is 9.54. The lowest BCUT2D eigenvalue weighted by molar-refractivity contribution is 0.0950. The minimum atomic E-state index is -0.157. The van der Waals surface area contributed by atoms with Gasteiger partial charge in [0.15, 0.2) is 0 Å². The lowest BCUT2D eigenvalue weighted by atomic mass is 10.2. The van der Waals surface area contributed by atoms with Crippen molar-refractivity contribution >= 4 is 44.8 Å². The highest BCUT2D eigenvalue weighted by Gasteiger charge is 2.08. The molecule has 0 fully saturated rings. The Morgan fingerprint density at radius 3 is 2.94 bits per heavy atom. The molecule has 0 aliphatic carbocycles. The fourth-order valence-corrected chi connectivity index (χ4v) is 2.44. The number of rotatable bonds is 3. The second kappa shape index (κ2) is 5.82. The second-order valence-electron chi connectivity index (χ2n) is 3.67. The van der Waals surface area contributed by atoms with E-state index in [1.54, 1.807) is 29.5 Å². The Balaban J connectivity index is 2.01. The normalized spacial score (nSPS) is 10.4. The first-order chi connectivity index (χ1) is 8.56. The van der Waals surface area contributed by atoms with Crippen molar-refractivity contribution in [3.05, 3.63) is 49.3 Å².